The van der Waals surface area contributed by atoms with Crippen LogP contribution in [0.15, 0.2) is 0 Å². The molecule has 0 fully saturated rings. The van der Waals surface area contributed by atoms with Gasteiger partial charge < -0.3 is 10.2 Å². The van der Waals surface area contributed by atoms with Crippen molar-refractivity contribution in [1.29, 1.82) is 0 Å². The van der Waals surface area contributed by atoms with Crippen LogP contribution in [0.5, 0.6) is 0 Å². The molecule has 0 amide bonds. The quantitative estimate of drug-likeness (QED) is 0.905. The number of nitrogens with one attached hydrogen (secondary N) is 1. The van der Waals surface area contributed by atoms with E-state index in [-0.39, 0.29) is 23.7 Å². The fraction of sp³-hybridized carbons (Fsp3) is 0.625. The highest BCUT2D eigenvalue weighted by molar-refractivity contribution is 6.28. The van der Waals surface area contributed by atoms with Crippen LogP contribution in [0.2, 0.25) is 5.28 Å². The third-order valence-corrected chi connectivity index (χ3v) is 2.06. The standard InChI is InChI=1S/C8H11ClF3N5/c1-13-6-14-5(9)15-7(16-6)17(2)4-3-8(10,11)12/h3-4H2,1-2H3,(H,13,14,15,16). The summed E-state index contributed by atoms with van der Waals surface area (Å²) in [6, 6.07) is 0. The lowest BCUT2D eigenvalue weighted by Crippen LogP contribution is -2.26. The first kappa shape index (κ1) is 13.8. The highest BCUT2D eigenvalue weighted by Crippen LogP contribution is 2.21. The van der Waals surface area contributed by atoms with E-state index in [1.807, 2.05) is 0 Å². The van der Waals surface area contributed by atoms with E-state index in [9.17, 15) is 13.2 Å². The predicted molar refractivity (Wildman–Crippen MR) is 58.3 cm³/mol. The minimum Gasteiger partial charge on any atom is -0.357 e. The van der Waals surface area contributed by atoms with Crippen molar-refractivity contribution in [3.05, 3.63) is 5.28 Å². The molecule has 0 spiro atoms. The van der Waals surface area contributed by atoms with Gasteiger partial charge >= 0.3 is 6.18 Å². The van der Waals surface area contributed by atoms with Crippen LogP contribution in [0.4, 0.5) is 25.1 Å². The Hall–Kier alpha value is -1.31. The van der Waals surface area contributed by atoms with Crippen molar-refractivity contribution in [2.24, 2.45) is 0 Å². The number of halogens is 4. The van der Waals surface area contributed by atoms with Gasteiger partial charge in [-0.2, -0.15) is 28.1 Å². The summed E-state index contributed by atoms with van der Waals surface area (Å²) in [6.45, 7) is -0.243. The lowest BCUT2D eigenvalue weighted by atomic mass is 10.4. The molecule has 1 heterocycles. The minimum absolute atomic E-state index is 0.0711. The maximum Gasteiger partial charge on any atom is 0.390 e. The van der Waals surface area contributed by atoms with Crippen LogP contribution in [0.25, 0.3) is 0 Å². The molecule has 5 nitrogen and oxygen atoms in total. The van der Waals surface area contributed by atoms with Gasteiger partial charge in [0.1, 0.15) is 0 Å². The molecule has 17 heavy (non-hydrogen) atoms. The van der Waals surface area contributed by atoms with Crippen LogP contribution in [0.3, 0.4) is 0 Å². The fourth-order valence-corrected chi connectivity index (χ4v) is 1.17. The van der Waals surface area contributed by atoms with Gasteiger partial charge in [-0.25, -0.2) is 0 Å². The van der Waals surface area contributed by atoms with Crippen molar-refractivity contribution in [2.75, 3.05) is 30.9 Å². The minimum atomic E-state index is -4.21. The van der Waals surface area contributed by atoms with Crippen LogP contribution in [-0.4, -0.2) is 41.8 Å². The van der Waals surface area contributed by atoms with Gasteiger partial charge in [0.2, 0.25) is 17.2 Å². The average Bonchev–Trinajstić information content (AvgIpc) is 2.23. The molecule has 1 aromatic rings. The van der Waals surface area contributed by atoms with Crippen LogP contribution < -0.4 is 10.2 Å². The van der Waals surface area contributed by atoms with Crippen molar-refractivity contribution >= 4 is 23.5 Å². The maximum atomic E-state index is 12.0. The molecule has 0 saturated carbocycles. The number of hydrogen-bond donors (Lipinski definition) is 1. The molecule has 1 N–H and O–H groups in total. The Morgan fingerprint density at radius 3 is 2.47 bits per heavy atom. The van der Waals surface area contributed by atoms with Gasteiger partial charge in [-0.05, 0) is 11.6 Å². The van der Waals surface area contributed by atoms with Gasteiger partial charge in [0, 0.05) is 20.6 Å². The summed E-state index contributed by atoms with van der Waals surface area (Å²) in [6.07, 6.45) is -5.15. The normalized spacial score (nSPS) is 11.4. The summed E-state index contributed by atoms with van der Waals surface area (Å²) in [4.78, 5) is 12.6. The van der Waals surface area contributed by atoms with Crippen LogP contribution >= 0.6 is 11.6 Å². The summed E-state index contributed by atoms with van der Waals surface area (Å²) in [5, 5.41) is 2.57. The van der Waals surface area contributed by atoms with Gasteiger partial charge in [-0.3, -0.25) is 0 Å². The Morgan fingerprint density at radius 1 is 1.29 bits per heavy atom. The smallest absolute Gasteiger partial charge is 0.357 e. The Labute approximate surface area is 101 Å². The SMILES string of the molecule is CNc1nc(Cl)nc(N(C)CCC(F)(F)F)n1. The summed E-state index contributed by atoms with van der Waals surface area (Å²) < 4.78 is 36.1. The number of alkyl halides is 3. The number of aromatic nitrogens is 3. The van der Waals surface area contributed by atoms with E-state index in [2.05, 4.69) is 20.3 Å². The van der Waals surface area contributed by atoms with Crippen LogP contribution in [0, 0.1) is 0 Å². The van der Waals surface area contributed by atoms with Crippen molar-refractivity contribution in [1.82, 2.24) is 15.0 Å². The van der Waals surface area contributed by atoms with E-state index in [1.54, 1.807) is 7.05 Å². The zero-order valence-electron chi connectivity index (χ0n) is 9.21. The molecular weight excluding hydrogens is 259 g/mol. The molecule has 1 aromatic heterocycles. The second kappa shape index (κ2) is 5.35. The maximum absolute atomic E-state index is 12.0. The number of anilines is 2. The third kappa shape index (κ3) is 4.59. The molecule has 0 aromatic carbocycles. The first-order valence-electron chi connectivity index (χ1n) is 4.69. The second-order valence-corrected chi connectivity index (χ2v) is 3.60. The zero-order chi connectivity index (χ0) is 13.1. The first-order chi connectivity index (χ1) is 7.81. The largest absolute Gasteiger partial charge is 0.390 e. The Bertz CT molecular complexity index is 384. The predicted octanol–water partition coefficient (Wildman–Crippen LogP) is 1.96. The number of hydrogen-bond acceptors (Lipinski definition) is 5. The van der Waals surface area contributed by atoms with Crippen molar-refractivity contribution in [3.8, 4) is 0 Å². The van der Waals surface area contributed by atoms with Gasteiger partial charge in [0.25, 0.3) is 0 Å². The van der Waals surface area contributed by atoms with Crippen molar-refractivity contribution in [2.45, 2.75) is 12.6 Å². The van der Waals surface area contributed by atoms with E-state index in [1.165, 1.54) is 11.9 Å². The Balaban J connectivity index is 2.74. The monoisotopic (exact) mass is 269 g/mol. The molecule has 0 unspecified atom stereocenters. The van der Waals surface area contributed by atoms with E-state index in [0.717, 1.165) is 0 Å². The highest BCUT2D eigenvalue weighted by atomic mass is 35.5. The molecule has 0 atom stereocenters. The van der Waals surface area contributed by atoms with E-state index >= 15 is 0 Å². The van der Waals surface area contributed by atoms with Crippen LogP contribution in [0.1, 0.15) is 6.42 Å². The molecule has 0 aliphatic rings. The third-order valence-electron chi connectivity index (χ3n) is 1.89. The van der Waals surface area contributed by atoms with Crippen molar-refractivity contribution < 1.29 is 13.2 Å². The Morgan fingerprint density at radius 2 is 1.94 bits per heavy atom. The fourth-order valence-electron chi connectivity index (χ4n) is 1.02. The van der Waals surface area contributed by atoms with Crippen molar-refractivity contribution in [3.63, 3.8) is 0 Å². The zero-order valence-corrected chi connectivity index (χ0v) is 9.97. The van der Waals surface area contributed by atoms with Gasteiger partial charge in [0.15, 0.2) is 0 Å². The van der Waals surface area contributed by atoms with Gasteiger partial charge in [-0.1, -0.05) is 0 Å². The summed E-state index contributed by atoms with van der Waals surface area (Å²) in [5.74, 6) is 0.303. The van der Waals surface area contributed by atoms with Gasteiger partial charge in [0.05, 0.1) is 6.42 Å². The Kier molecular flexibility index (Phi) is 4.33. The molecule has 1 rings (SSSR count). The van der Waals surface area contributed by atoms with E-state index < -0.39 is 12.6 Å². The average molecular weight is 270 g/mol. The highest BCUT2D eigenvalue weighted by Gasteiger charge is 2.27. The summed E-state index contributed by atoms with van der Waals surface area (Å²) in [7, 11) is 3.03. The number of nitrogens with zero attached hydrogens (tertiary/aromatic N) is 4. The van der Waals surface area contributed by atoms with Gasteiger partial charge in [-0.15, -0.1) is 0 Å². The van der Waals surface area contributed by atoms with E-state index in [4.69, 9.17) is 11.6 Å². The summed E-state index contributed by atoms with van der Waals surface area (Å²) >= 11 is 5.61. The molecule has 0 bridgehead atoms. The van der Waals surface area contributed by atoms with E-state index in [0.29, 0.717) is 0 Å². The molecule has 96 valence electrons. The molecule has 0 saturated heterocycles. The molecule has 9 heteroatoms. The lowest BCUT2D eigenvalue weighted by molar-refractivity contribution is -0.132. The number of rotatable bonds is 4. The topological polar surface area (TPSA) is 53.9 Å². The second-order valence-electron chi connectivity index (χ2n) is 3.26. The molecule has 0 aliphatic heterocycles. The molecule has 0 aliphatic carbocycles. The first-order valence-corrected chi connectivity index (χ1v) is 5.07. The molecule has 0 radical (unpaired) electrons. The summed E-state index contributed by atoms with van der Waals surface area (Å²) in [5.41, 5.74) is 0. The molecular formula is C8H11ClF3N5. The lowest BCUT2D eigenvalue weighted by Gasteiger charge is -2.18. The van der Waals surface area contributed by atoms with Crippen LogP contribution in [-0.2, 0) is 0 Å².